The number of methoxy groups -OCH3 is 1. The van der Waals surface area contributed by atoms with E-state index in [1.165, 1.54) is 0 Å². The van der Waals surface area contributed by atoms with Gasteiger partial charge in [0.05, 0.1) is 19.0 Å². The van der Waals surface area contributed by atoms with Crippen molar-refractivity contribution in [2.24, 2.45) is 5.92 Å². The van der Waals surface area contributed by atoms with Crippen LogP contribution in [0.5, 0.6) is 5.88 Å². The molecule has 1 aliphatic rings. The fourth-order valence-electron chi connectivity index (χ4n) is 3.05. The quantitative estimate of drug-likeness (QED) is 0.868. The predicted octanol–water partition coefficient (Wildman–Crippen LogP) is 3.71. The van der Waals surface area contributed by atoms with Gasteiger partial charge in [-0.3, -0.25) is 4.79 Å². The second-order valence-electron chi connectivity index (χ2n) is 6.53. The van der Waals surface area contributed by atoms with Crippen LogP contribution >= 0.6 is 0 Å². The predicted molar refractivity (Wildman–Crippen MR) is 90.8 cm³/mol. The van der Waals surface area contributed by atoms with E-state index in [1.807, 2.05) is 13.0 Å². The van der Waals surface area contributed by atoms with Gasteiger partial charge in [-0.25, -0.2) is 4.98 Å². The number of hydrogen-bond acceptors (Lipinski definition) is 4. The van der Waals surface area contributed by atoms with Crippen molar-refractivity contribution in [2.75, 3.05) is 19.0 Å². The molecule has 1 heterocycles. The van der Waals surface area contributed by atoms with E-state index in [-0.39, 0.29) is 5.91 Å². The molecular formula is C18H28N2O3. The average Bonchev–Trinajstić information content (AvgIpc) is 2.55. The molecule has 23 heavy (non-hydrogen) atoms. The van der Waals surface area contributed by atoms with Crippen molar-refractivity contribution in [1.29, 1.82) is 0 Å². The standard InChI is InChI=1S/C18H28N2O3/c1-5-10-23-18(8-6-13(2)7-9-18)17(21)20-15-11-14(3)16(22-4)19-12-15/h11-13H,5-10H2,1-4H3,(H,20,21). The first-order valence-corrected chi connectivity index (χ1v) is 8.47. The summed E-state index contributed by atoms with van der Waals surface area (Å²) in [6.45, 7) is 6.82. The van der Waals surface area contributed by atoms with Crippen molar-refractivity contribution in [3.8, 4) is 5.88 Å². The van der Waals surface area contributed by atoms with Gasteiger partial charge in [0.25, 0.3) is 5.91 Å². The lowest BCUT2D eigenvalue weighted by Gasteiger charge is -2.37. The van der Waals surface area contributed by atoms with Crippen molar-refractivity contribution < 1.29 is 14.3 Å². The van der Waals surface area contributed by atoms with Crippen LogP contribution in [0.1, 0.15) is 51.5 Å². The van der Waals surface area contributed by atoms with Gasteiger partial charge >= 0.3 is 0 Å². The van der Waals surface area contributed by atoms with E-state index in [0.717, 1.165) is 37.7 Å². The zero-order valence-corrected chi connectivity index (χ0v) is 14.6. The molecule has 1 aromatic rings. The first-order valence-electron chi connectivity index (χ1n) is 8.47. The molecule has 0 aromatic carbocycles. The van der Waals surface area contributed by atoms with Gasteiger partial charge in [-0.2, -0.15) is 0 Å². The van der Waals surface area contributed by atoms with Gasteiger partial charge in [0.2, 0.25) is 5.88 Å². The molecule has 2 rings (SSSR count). The second kappa shape index (κ2) is 7.77. The molecule has 1 N–H and O–H groups in total. The van der Waals surface area contributed by atoms with Crippen LogP contribution in [0, 0.1) is 12.8 Å². The lowest BCUT2D eigenvalue weighted by molar-refractivity contribution is -0.147. The summed E-state index contributed by atoms with van der Waals surface area (Å²) in [5.41, 5.74) is 0.883. The maximum absolute atomic E-state index is 12.9. The molecule has 128 valence electrons. The summed E-state index contributed by atoms with van der Waals surface area (Å²) < 4.78 is 11.2. The maximum Gasteiger partial charge on any atom is 0.256 e. The number of aryl methyl sites for hydroxylation is 1. The average molecular weight is 320 g/mol. The van der Waals surface area contributed by atoms with Crippen LogP contribution in [0.4, 0.5) is 5.69 Å². The van der Waals surface area contributed by atoms with Crippen LogP contribution in [0.25, 0.3) is 0 Å². The molecule has 0 aliphatic heterocycles. The number of hydrogen-bond donors (Lipinski definition) is 1. The number of rotatable bonds is 6. The molecule has 5 nitrogen and oxygen atoms in total. The van der Waals surface area contributed by atoms with Gasteiger partial charge in [0, 0.05) is 12.2 Å². The largest absolute Gasteiger partial charge is 0.481 e. The maximum atomic E-state index is 12.9. The topological polar surface area (TPSA) is 60.5 Å². The smallest absolute Gasteiger partial charge is 0.256 e. The summed E-state index contributed by atoms with van der Waals surface area (Å²) >= 11 is 0. The Labute approximate surface area is 138 Å². The van der Waals surface area contributed by atoms with Gasteiger partial charge < -0.3 is 14.8 Å². The Balaban J connectivity index is 2.12. The van der Waals surface area contributed by atoms with E-state index in [2.05, 4.69) is 24.1 Å². The summed E-state index contributed by atoms with van der Waals surface area (Å²) in [6.07, 6.45) is 6.15. The van der Waals surface area contributed by atoms with Gasteiger partial charge in [-0.1, -0.05) is 13.8 Å². The molecule has 1 fully saturated rings. The van der Waals surface area contributed by atoms with Crippen LogP contribution in [-0.2, 0) is 9.53 Å². The number of nitrogens with one attached hydrogen (secondary N) is 1. The number of nitrogens with zero attached hydrogens (tertiary/aromatic N) is 1. The van der Waals surface area contributed by atoms with Crippen molar-refractivity contribution in [1.82, 2.24) is 4.98 Å². The Morgan fingerprint density at radius 2 is 2.13 bits per heavy atom. The van der Waals surface area contributed by atoms with Crippen molar-refractivity contribution >= 4 is 11.6 Å². The Morgan fingerprint density at radius 1 is 1.43 bits per heavy atom. The number of carbonyl (C=O) groups excluding carboxylic acids is 1. The van der Waals surface area contributed by atoms with Crippen LogP contribution in [0.3, 0.4) is 0 Å². The van der Waals surface area contributed by atoms with Crippen LogP contribution in [-0.4, -0.2) is 30.2 Å². The Morgan fingerprint density at radius 3 is 2.70 bits per heavy atom. The third-order valence-corrected chi connectivity index (χ3v) is 4.56. The first kappa shape index (κ1) is 17.7. The highest BCUT2D eigenvalue weighted by molar-refractivity contribution is 5.97. The van der Waals surface area contributed by atoms with E-state index in [4.69, 9.17) is 9.47 Å². The minimum Gasteiger partial charge on any atom is -0.481 e. The van der Waals surface area contributed by atoms with E-state index >= 15 is 0 Å². The lowest BCUT2D eigenvalue weighted by Crippen LogP contribution is -2.48. The lowest BCUT2D eigenvalue weighted by atomic mass is 9.78. The van der Waals surface area contributed by atoms with Crippen LogP contribution < -0.4 is 10.1 Å². The normalized spacial score (nSPS) is 24.3. The SMILES string of the molecule is CCCOC1(C(=O)Nc2cnc(OC)c(C)c2)CCC(C)CC1. The van der Waals surface area contributed by atoms with Crippen LogP contribution in [0.2, 0.25) is 0 Å². The van der Waals surface area contributed by atoms with Crippen molar-refractivity contribution in [2.45, 2.75) is 58.5 Å². The zero-order chi connectivity index (χ0) is 16.9. The molecule has 0 atom stereocenters. The molecule has 1 saturated carbocycles. The molecule has 5 heteroatoms. The highest BCUT2D eigenvalue weighted by Gasteiger charge is 2.42. The van der Waals surface area contributed by atoms with Gasteiger partial charge in [-0.15, -0.1) is 0 Å². The van der Waals surface area contributed by atoms with Crippen molar-refractivity contribution in [3.63, 3.8) is 0 Å². The van der Waals surface area contributed by atoms with Crippen LogP contribution in [0.15, 0.2) is 12.3 Å². The number of aromatic nitrogens is 1. The summed E-state index contributed by atoms with van der Waals surface area (Å²) in [5, 5.41) is 2.99. The highest BCUT2D eigenvalue weighted by atomic mass is 16.5. The molecule has 0 radical (unpaired) electrons. The molecular weight excluding hydrogens is 292 g/mol. The minimum atomic E-state index is -0.698. The van der Waals surface area contributed by atoms with Gasteiger partial charge in [-0.05, 0) is 51.0 Å². The number of carbonyl (C=O) groups is 1. The first-order chi connectivity index (χ1) is 11.0. The second-order valence-corrected chi connectivity index (χ2v) is 6.53. The number of pyridine rings is 1. The van der Waals surface area contributed by atoms with E-state index in [9.17, 15) is 4.79 Å². The fourth-order valence-corrected chi connectivity index (χ4v) is 3.05. The summed E-state index contributed by atoms with van der Waals surface area (Å²) in [6, 6.07) is 1.88. The van der Waals surface area contributed by atoms with E-state index in [1.54, 1.807) is 13.3 Å². The molecule has 1 amide bonds. The third kappa shape index (κ3) is 4.22. The third-order valence-electron chi connectivity index (χ3n) is 4.56. The van der Waals surface area contributed by atoms with Crippen molar-refractivity contribution in [3.05, 3.63) is 17.8 Å². The molecule has 1 aromatic heterocycles. The Kier molecular flexibility index (Phi) is 5.99. The number of anilines is 1. The Hall–Kier alpha value is -1.62. The molecule has 0 unspecified atom stereocenters. The summed E-state index contributed by atoms with van der Waals surface area (Å²) in [7, 11) is 1.59. The molecule has 0 bridgehead atoms. The summed E-state index contributed by atoms with van der Waals surface area (Å²) in [5.74, 6) is 1.18. The summed E-state index contributed by atoms with van der Waals surface area (Å²) in [4.78, 5) is 17.1. The molecule has 0 saturated heterocycles. The molecule has 0 spiro atoms. The Bertz CT molecular complexity index is 532. The molecule has 1 aliphatic carbocycles. The number of ether oxygens (including phenoxy) is 2. The van der Waals surface area contributed by atoms with Gasteiger partial charge in [0.1, 0.15) is 5.60 Å². The minimum absolute atomic E-state index is 0.0517. The van der Waals surface area contributed by atoms with Gasteiger partial charge in [0.15, 0.2) is 0 Å². The van der Waals surface area contributed by atoms with E-state index in [0.29, 0.717) is 24.1 Å². The number of amides is 1. The van der Waals surface area contributed by atoms with E-state index < -0.39 is 5.60 Å². The zero-order valence-electron chi connectivity index (χ0n) is 14.6. The fraction of sp³-hybridized carbons (Fsp3) is 0.667. The monoisotopic (exact) mass is 320 g/mol. The highest BCUT2D eigenvalue weighted by Crippen LogP contribution is 2.36.